The fourth-order valence-corrected chi connectivity index (χ4v) is 8.68. The van der Waals surface area contributed by atoms with Crippen molar-refractivity contribution < 1.29 is 14.3 Å². The molecule has 0 aromatic carbocycles. The van der Waals surface area contributed by atoms with Crippen molar-refractivity contribution in [3.8, 4) is 0 Å². The maximum Gasteiger partial charge on any atom is 0.403 e. The van der Waals surface area contributed by atoms with E-state index >= 15 is 0 Å². The van der Waals surface area contributed by atoms with Crippen LogP contribution in [0.5, 0.6) is 0 Å². The maximum absolute atomic E-state index is 11.8. The first kappa shape index (κ1) is 61.6. The Hall–Kier alpha value is -0.480. The topological polar surface area (TPSA) is 46.6 Å². The third kappa shape index (κ3) is 57.5. The summed E-state index contributed by atoms with van der Waals surface area (Å²) in [6.07, 6.45) is 62.8. The van der Waals surface area contributed by atoms with Gasteiger partial charge in [-0.25, -0.2) is 4.79 Å². The molecule has 0 heterocycles. The van der Waals surface area contributed by atoms with E-state index in [0.717, 1.165) is 38.8 Å². The summed E-state index contributed by atoms with van der Waals surface area (Å²) in [7, 11) is 0. The SMILES string of the molecule is CCCCCCCCCCCCCCCCCCN(CCCCCCCCCCCCCCCCCC)C(=O)Cl.CCCCCCCCCCCCCCCCOC(=O)Cl. The minimum Gasteiger partial charge on any atom is -0.454 e. The third-order valence-corrected chi connectivity index (χ3v) is 12.9. The number of rotatable bonds is 49. The predicted molar refractivity (Wildman–Crippen MR) is 269 cm³/mol. The Bertz CT molecular complexity index is 776. The van der Waals surface area contributed by atoms with Crippen molar-refractivity contribution in [3.63, 3.8) is 0 Å². The molecular weight excluding hydrogens is 782 g/mol. The molecule has 0 aliphatic heterocycles. The van der Waals surface area contributed by atoms with Crippen molar-refractivity contribution in [3.05, 3.63) is 0 Å². The van der Waals surface area contributed by atoms with Gasteiger partial charge in [0, 0.05) is 24.7 Å². The number of hydrogen-bond donors (Lipinski definition) is 0. The summed E-state index contributed by atoms with van der Waals surface area (Å²) in [6, 6.07) is 0. The molecule has 0 fully saturated rings. The number of carbonyl (C=O) groups excluding carboxylic acids is 2. The number of hydrogen-bond acceptors (Lipinski definition) is 3. The van der Waals surface area contributed by atoms with E-state index in [0.29, 0.717) is 6.61 Å². The number of carbonyl (C=O) groups is 2. The average molecular weight is 889 g/mol. The van der Waals surface area contributed by atoms with Crippen LogP contribution in [-0.2, 0) is 4.74 Å². The van der Waals surface area contributed by atoms with Gasteiger partial charge in [-0.3, -0.25) is 4.79 Å². The predicted octanol–water partition coefficient (Wildman–Crippen LogP) is 21.0. The maximum atomic E-state index is 11.8. The second-order valence-corrected chi connectivity index (χ2v) is 19.2. The molecule has 0 rings (SSSR count). The lowest BCUT2D eigenvalue weighted by molar-refractivity contribution is 0.170. The molecule has 0 aliphatic rings. The average Bonchev–Trinajstić information content (AvgIpc) is 3.24. The van der Waals surface area contributed by atoms with Gasteiger partial charge in [0.05, 0.1) is 6.61 Å². The Morgan fingerprint density at radius 2 is 0.483 bits per heavy atom. The number of nitrogens with zero attached hydrogens (tertiary/aromatic N) is 1. The van der Waals surface area contributed by atoms with Crippen LogP contribution in [0.1, 0.15) is 316 Å². The zero-order chi connectivity index (χ0) is 44.1. The molecule has 0 atom stereocenters. The molecule has 0 spiro atoms. The summed E-state index contributed by atoms with van der Waals surface area (Å²) in [6.45, 7) is 9.02. The Balaban J connectivity index is 0. The normalized spacial score (nSPS) is 11.2. The van der Waals surface area contributed by atoms with Gasteiger partial charge >= 0.3 is 10.8 Å². The fourth-order valence-electron chi connectivity index (χ4n) is 8.44. The van der Waals surface area contributed by atoms with Gasteiger partial charge < -0.3 is 9.64 Å². The van der Waals surface area contributed by atoms with Crippen LogP contribution in [0.2, 0.25) is 0 Å². The van der Waals surface area contributed by atoms with Crippen molar-refractivity contribution in [2.45, 2.75) is 316 Å². The molecule has 60 heavy (non-hydrogen) atoms. The van der Waals surface area contributed by atoms with Gasteiger partial charge in [0.1, 0.15) is 0 Å². The van der Waals surface area contributed by atoms with Gasteiger partial charge in [0.25, 0.3) is 0 Å². The molecule has 0 aromatic rings. The number of ether oxygens (including phenoxy) is 1. The monoisotopic (exact) mass is 888 g/mol. The first-order valence-electron chi connectivity index (χ1n) is 27.3. The first-order valence-corrected chi connectivity index (χ1v) is 28.0. The molecule has 1 amide bonds. The van der Waals surface area contributed by atoms with Crippen LogP contribution < -0.4 is 0 Å². The highest BCUT2D eigenvalue weighted by atomic mass is 35.5. The van der Waals surface area contributed by atoms with E-state index in [9.17, 15) is 9.59 Å². The van der Waals surface area contributed by atoms with E-state index in [1.165, 1.54) is 270 Å². The van der Waals surface area contributed by atoms with Gasteiger partial charge in [0.2, 0.25) is 0 Å². The lowest BCUT2D eigenvalue weighted by atomic mass is 10.0. The smallest absolute Gasteiger partial charge is 0.403 e. The Kier molecular flexibility index (Phi) is 58.1. The van der Waals surface area contributed by atoms with Crippen molar-refractivity contribution >= 4 is 34.0 Å². The quantitative estimate of drug-likeness (QED) is 0.0347. The van der Waals surface area contributed by atoms with Gasteiger partial charge in [-0.1, -0.05) is 297 Å². The second-order valence-electron chi connectivity index (χ2n) is 18.5. The minimum absolute atomic E-state index is 0.248. The Labute approximate surface area is 387 Å². The molecule has 0 aliphatic carbocycles. The summed E-state index contributed by atoms with van der Waals surface area (Å²) in [5, 5.41) is -0.248. The highest BCUT2D eigenvalue weighted by Gasteiger charge is 2.09. The zero-order valence-corrected chi connectivity index (χ0v) is 42.6. The molecule has 4 nitrogen and oxygen atoms in total. The summed E-state index contributed by atoms with van der Waals surface area (Å²) < 4.78 is 4.68. The van der Waals surface area contributed by atoms with Gasteiger partial charge in [-0.2, -0.15) is 0 Å². The van der Waals surface area contributed by atoms with Crippen molar-refractivity contribution in [1.82, 2.24) is 4.90 Å². The molecule has 0 bridgehead atoms. The van der Waals surface area contributed by atoms with Gasteiger partial charge in [-0.05, 0) is 30.9 Å². The molecule has 0 saturated carbocycles. The van der Waals surface area contributed by atoms with E-state index in [1.807, 2.05) is 4.90 Å². The van der Waals surface area contributed by atoms with Crippen LogP contribution in [0.3, 0.4) is 0 Å². The van der Waals surface area contributed by atoms with Gasteiger partial charge in [-0.15, -0.1) is 0 Å². The van der Waals surface area contributed by atoms with Gasteiger partial charge in [0.15, 0.2) is 0 Å². The summed E-state index contributed by atoms with van der Waals surface area (Å²) in [5.41, 5.74) is -0.681. The molecular formula is C54H107Cl2NO3. The summed E-state index contributed by atoms with van der Waals surface area (Å²) >= 11 is 10.9. The van der Waals surface area contributed by atoms with E-state index < -0.39 is 5.43 Å². The Morgan fingerprint density at radius 1 is 0.300 bits per heavy atom. The largest absolute Gasteiger partial charge is 0.454 e. The summed E-state index contributed by atoms with van der Waals surface area (Å²) in [5.74, 6) is 0. The molecule has 0 saturated heterocycles. The minimum atomic E-state index is -0.681. The highest BCUT2D eigenvalue weighted by Crippen LogP contribution is 2.17. The first-order chi connectivity index (χ1) is 29.5. The van der Waals surface area contributed by atoms with Crippen LogP contribution >= 0.6 is 23.2 Å². The van der Waals surface area contributed by atoms with Crippen LogP contribution in [-0.4, -0.2) is 35.4 Å². The number of unbranched alkanes of at least 4 members (excludes halogenated alkanes) is 43. The zero-order valence-electron chi connectivity index (χ0n) is 41.1. The highest BCUT2D eigenvalue weighted by molar-refractivity contribution is 6.62. The van der Waals surface area contributed by atoms with Crippen LogP contribution in [0.15, 0.2) is 0 Å². The third-order valence-electron chi connectivity index (χ3n) is 12.5. The number of amides is 1. The van der Waals surface area contributed by atoms with E-state index in [-0.39, 0.29) is 5.37 Å². The fraction of sp³-hybridized carbons (Fsp3) is 0.963. The second kappa shape index (κ2) is 56.5. The molecule has 360 valence electrons. The van der Waals surface area contributed by atoms with Crippen molar-refractivity contribution in [2.24, 2.45) is 0 Å². The van der Waals surface area contributed by atoms with Crippen LogP contribution in [0.25, 0.3) is 0 Å². The van der Waals surface area contributed by atoms with E-state index in [4.69, 9.17) is 23.2 Å². The van der Waals surface area contributed by atoms with Crippen molar-refractivity contribution in [2.75, 3.05) is 19.7 Å². The molecule has 6 heteroatoms. The standard InChI is InChI=1S/C37H74ClNO.C17H33ClO2/c1-3-5-7-9-11-13-15-17-19-21-23-25-27-29-31-33-35-39(37(38)40)36-34-32-30-28-26-24-22-20-18-16-14-12-10-8-6-4-2;1-2-3-4-5-6-7-8-9-10-11-12-13-14-15-16-20-17(18)19/h3-36H2,1-2H3;2-16H2,1H3. The summed E-state index contributed by atoms with van der Waals surface area (Å²) in [4.78, 5) is 24.0. The molecule has 0 radical (unpaired) electrons. The molecule has 0 unspecified atom stereocenters. The number of halogens is 2. The lowest BCUT2D eigenvalue weighted by Gasteiger charge is -2.19. The molecule has 0 aromatic heterocycles. The molecule has 0 N–H and O–H groups in total. The van der Waals surface area contributed by atoms with Crippen molar-refractivity contribution in [1.29, 1.82) is 0 Å². The van der Waals surface area contributed by atoms with E-state index in [2.05, 4.69) is 25.5 Å². The van der Waals surface area contributed by atoms with Crippen LogP contribution in [0.4, 0.5) is 9.59 Å². The lowest BCUT2D eigenvalue weighted by Crippen LogP contribution is -2.28. The van der Waals surface area contributed by atoms with Crippen LogP contribution in [0, 0.1) is 0 Å². The van der Waals surface area contributed by atoms with E-state index in [1.54, 1.807) is 0 Å². The Morgan fingerprint density at radius 3 is 0.667 bits per heavy atom.